The number of nitrogens with zero attached hydrogens (tertiary/aromatic N) is 2. The van der Waals surface area contributed by atoms with Gasteiger partial charge in [-0.15, -0.1) is 0 Å². The first-order chi connectivity index (χ1) is 12.4. The maximum Gasteiger partial charge on any atom is 0.321 e. The first-order valence-corrected chi connectivity index (χ1v) is 8.62. The smallest absolute Gasteiger partial charge is 0.321 e. The number of piperazine rings is 1. The molecule has 0 aliphatic carbocycles. The third-order valence-electron chi connectivity index (χ3n) is 4.58. The van der Waals surface area contributed by atoms with E-state index in [4.69, 9.17) is 0 Å². The Morgan fingerprint density at radius 1 is 0.923 bits per heavy atom. The molecule has 1 fully saturated rings. The van der Waals surface area contributed by atoms with E-state index in [-0.39, 0.29) is 17.8 Å². The number of benzene rings is 2. The van der Waals surface area contributed by atoms with Crippen molar-refractivity contribution >= 4 is 17.6 Å². The second kappa shape index (κ2) is 7.56. The van der Waals surface area contributed by atoms with Gasteiger partial charge in [0.2, 0.25) is 0 Å². The van der Waals surface area contributed by atoms with E-state index in [1.807, 2.05) is 31.2 Å². The molecule has 1 N–H and O–H groups in total. The van der Waals surface area contributed by atoms with Crippen molar-refractivity contribution in [3.8, 4) is 0 Å². The zero-order valence-electron chi connectivity index (χ0n) is 15.0. The van der Waals surface area contributed by atoms with Crippen molar-refractivity contribution in [2.75, 3.05) is 31.5 Å². The van der Waals surface area contributed by atoms with Crippen LogP contribution in [-0.2, 0) is 0 Å². The van der Waals surface area contributed by atoms with Gasteiger partial charge in [0.1, 0.15) is 5.82 Å². The highest BCUT2D eigenvalue weighted by Gasteiger charge is 2.25. The summed E-state index contributed by atoms with van der Waals surface area (Å²) in [6.07, 6.45) is 0. The van der Waals surface area contributed by atoms with Gasteiger partial charge in [-0.25, -0.2) is 9.18 Å². The minimum absolute atomic E-state index is 0.178. The summed E-state index contributed by atoms with van der Waals surface area (Å²) in [6, 6.07) is 11.9. The monoisotopic (exact) mass is 355 g/mol. The first-order valence-electron chi connectivity index (χ1n) is 8.62. The number of halogens is 1. The van der Waals surface area contributed by atoms with Crippen molar-refractivity contribution in [3.63, 3.8) is 0 Å². The molecule has 0 spiro atoms. The lowest BCUT2D eigenvalue weighted by atomic mass is 10.1. The van der Waals surface area contributed by atoms with Crippen LogP contribution < -0.4 is 5.32 Å². The molecular weight excluding hydrogens is 333 g/mol. The lowest BCUT2D eigenvalue weighted by Gasteiger charge is -2.34. The van der Waals surface area contributed by atoms with Crippen molar-refractivity contribution in [2.45, 2.75) is 13.8 Å². The van der Waals surface area contributed by atoms with Crippen LogP contribution in [0.5, 0.6) is 0 Å². The zero-order chi connectivity index (χ0) is 18.7. The molecule has 0 atom stereocenters. The fourth-order valence-corrected chi connectivity index (χ4v) is 2.86. The summed E-state index contributed by atoms with van der Waals surface area (Å²) in [4.78, 5) is 28.2. The average molecular weight is 355 g/mol. The van der Waals surface area contributed by atoms with Crippen LogP contribution in [0, 0.1) is 19.7 Å². The van der Waals surface area contributed by atoms with E-state index < -0.39 is 0 Å². The molecule has 1 saturated heterocycles. The van der Waals surface area contributed by atoms with Crippen molar-refractivity contribution in [3.05, 3.63) is 65.0 Å². The lowest BCUT2D eigenvalue weighted by molar-refractivity contribution is 0.0671. The molecule has 2 aromatic rings. The summed E-state index contributed by atoms with van der Waals surface area (Å²) >= 11 is 0. The van der Waals surface area contributed by atoms with Gasteiger partial charge >= 0.3 is 6.03 Å². The van der Waals surface area contributed by atoms with E-state index in [1.165, 1.54) is 6.07 Å². The number of carbonyl (C=O) groups excluding carboxylic acids is 2. The largest absolute Gasteiger partial charge is 0.335 e. The molecular formula is C20H22FN3O2. The summed E-state index contributed by atoms with van der Waals surface area (Å²) in [6.45, 7) is 5.39. The zero-order valence-corrected chi connectivity index (χ0v) is 15.0. The number of hydrogen-bond acceptors (Lipinski definition) is 2. The predicted octanol–water partition coefficient (Wildman–Crippen LogP) is 3.43. The van der Waals surface area contributed by atoms with Gasteiger partial charge in [-0.2, -0.15) is 0 Å². The Morgan fingerprint density at radius 3 is 2.15 bits per heavy atom. The second-order valence-electron chi connectivity index (χ2n) is 6.54. The highest BCUT2D eigenvalue weighted by Crippen LogP contribution is 2.14. The maximum atomic E-state index is 13.7. The Morgan fingerprint density at radius 2 is 1.54 bits per heavy atom. The standard InChI is InChI=1S/C20H22FN3O2/c1-14-3-7-17(8-4-14)22-20(26)24-11-9-23(10-12-24)19(25)16-6-5-15(2)18(21)13-16/h3-8,13H,9-12H2,1-2H3,(H,22,26). The number of urea groups is 1. The molecule has 1 heterocycles. The number of rotatable bonds is 2. The third-order valence-corrected chi connectivity index (χ3v) is 4.58. The Labute approximate surface area is 152 Å². The van der Waals surface area contributed by atoms with Crippen LogP contribution in [0.4, 0.5) is 14.9 Å². The molecule has 0 bridgehead atoms. The molecule has 0 aromatic heterocycles. The van der Waals surface area contributed by atoms with Gasteiger partial charge in [-0.3, -0.25) is 4.79 Å². The van der Waals surface area contributed by atoms with Crippen molar-refractivity contribution < 1.29 is 14.0 Å². The highest BCUT2D eigenvalue weighted by atomic mass is 19.1. The van der Waals surface area contributed by atoms with E-state index in [0.717, 1.165) is 11.3 Å². The summed E-state index contributed by atoms with van der Waals surface area (Å²) in [5.41, 5.74) is 2.72. The lowest BCUT2D eigenvalue weighted by Crippen LogP contribution is -2.51. The molecule has 5 nitrogen and oxygen atoms in total. The third kappa shape index (κ3) is 4.02. The molecule has 136 valence electrons. The predicted molar refractivity (Wildman–Crippen MR) is 98.8 cm³/mol. The van der Waals surface area contributed by atoms with Crippen molar-refractivity contribution in [2.24, 2.45) is 0 Å². The van der Waals surface area contributed by atoms with Gasteiger partial charge in [0, 0.05) is 37.4 Å². The molecule has 2 aromatic carbocycles. The van der Waals surface area contributed by atoms with E-state index in [9.17, 15) is 14.0 Å². The van der Waals surface area contributed by atoms with Crippen LogP contribution in [0.15, 0.2) is 42.5 Å². The topological polar surface area (TPSA) is 52.7 Å². The summed E-state index contributed by atoms with van der Waals surface area (Å²) in [5.74, 6) is -0.588. The van der Waals surface area contributed by atoms with Crippen LogP contribution in [0.25, 0.3) is 0 Å². The van der Waals surface area contributed by atoms with Crippen LogP contribution in [0.3, 0.4) is 0 Å². The van der Waals surface area contributed by atoms with Crippen LogP contribution in [0.1, 0.15) is 21.5 Å². The molecule has 0 unspecified atom stereocenters. The highest BCUT2D eigenvalue weighted by molar-refractivity contribution is 5.94. The molecule has 0 saturated carbocycles. The number of hydrogen-bond donors (Lipinski definition) is 1. The minimum atomic E-state index is -0.382. The van der Waals surface area contributed by atoms with Crippen molar-refractivity contribution in [1.82, 2.24) is 9.80 Å². The Balaban J connectivity index is 1.56. The quantitative estimate of drug-likeness (QED) is 0.897. The number of amides is 3. The molecule has 1 aliphatic rings. The van der Waals surface area contributed by atoms with E-state index in [2.05, 4.69) is 5.32 Å². The minimum Gasteiger partial charge on any atom is -0.335 e. The molecule has 1 aliphatic heterocycles. The van der Waals surface area contributed by atoms with E-state index >= 15 is 0 Å². The SMILES string of the molecule is Cc1ccc(NC(=O)N2CCN(C(=O)c3ccc(C)c(F)c3)CC2)cc1. The Bertz CT molecular complexity index is 812. The van der Waals surface area contributed by atoms with Gasteiger partial charge in [0.25, 0.3) is 5.91 Å². The number of nitrogens with one attached hydrogen (secondary N) is 1. The molecule has 26 heavy (non-hydrogen) atoms. The molecule has 0 radical (unpaired) electrons. The summed E-state index contributed by atoms with van der Waals surface area (Å²) < 4.78 is 13.7. The normalized spacial score (nSPS) is 14.3. The van der Waals surface area contributed by atoms with Gasteiger partial charge in [-0.1, -0.05) is 23.8 Å². The maximum absolute atomic E-state index is 13.7. The van der Waals surface area contributed by atoms with Gasteiger partial charge in [-0.05, 0) is 43.7 Å². The second-order valence-corrected chi connectivity index (χ2v) is 6.54. The number of aryl methyl sites for hydroxylation is 2. The van der Waals surface area contributed by atoms with Gasteiger partial charge in [0.05, 0.1) is 0 Å². The average Bonchev–Trinajstić information content (AvgIpc) is 2.65. The van der Waals surface area contributed by atoms with E-state index in [0.29, 0.717) is 37.3 Å². The number of carbonyl (C=O) groups is 2. The molecule has 3 rings (SSSR count). The molecule has 6 heteroatoms. The Hall–Kier alpha value is -2.89. The number of anilines is 1. The van der Waals surface area contributed by atoms with Gasteiger partial charge in [0.15, 0.2) is 0 Å². The van der Waals surface area contributed by atoms with Crippen LogP contribution in [0.2, 0.25) is 0 Å². The fourth-order valence-electron chi connectivity index (χ4n) is 2.86. The van der Waals surface area contributed by atoms with Crippen molar-refractivity contribution in [1.29, 1.82) is 0 Å². The fraction of sp³-hybridized carbons (Fsp3) is 0.300. The summed E-state index contributed by atoms with van der Waals surface area (Å²) in [7, 11) is 0. The Kier molecular flexibility index (Phi) is 5.21. The summed E-state index contributed by atoms with van der Waals surface area (Å²) in [5, 5.41) is 2.86. The van der Waals surface area contributed by atoms with Crippen LogP contribution in [-0.4, -0.2) is 47.9 Å². The van der Waals surface area contributed by atoms with E-state index in [1.54, 1.807) is 28.9 Å². The first kappa shape index (κ1) is 17.9. The van der Waals surface area contributed by atoms with Crippen LogP contribution >= 0.6 is 0 Å². The molecule has 3 amide bonds. The van der Waals surface area contributed by atoms with Gasteiger partial charge < -0.3 is 15.1 Å².